The summed E-state index contributed by atoms with van der Waals surface area (Å²) in [6.45, 7) is 1.44. The van der Waals surface area contributed by atoms with Crippen molar-refractivity contribution in [3.63, 3.8) is 0 Å². The van der Waals surface area contributed by atoms with Crippen LogP contribution in [0.4, 0.5) is 23.2 Å². The largest absolute Gasteiger partial charge is 0.417 e. The number of fused-ring (bicyclic) bond motifs is 1. The first kappa shape index (κ1) is 22.8. The Morgan fingerprint density at radius 2 is 1.76 bits per heavy atom. The Kier molecular flexibility index (Phi) is 5.69. The normalized spacial score (nSPS) is 13.8. The van der Waals surface area contributed by atoms with Gasteiger partial charge in [-0.15, -0.1) is 0 Å². The maximum Gasteiger partial charge on any atom is 0.417 e. The second-order valence-electron chi connectivity index (χ2n) is 7.38. The molecule has 0 saturated heterocycles. The molecule has 0 unspecified atom stereocenters. The molecule has 3 heterocycles. The van der Waals surface area contributed by atoms with E-state index >= 15 is 0 Å². The number of rotatable bonds is 4. The topological polar surface area (TPSA) is 80.2 Å². The first-order valence-electron chi connectivity index (χ1n) is 9.88. The predicted molar refractivity (Wildman–Crippen MR) is 112 cm³/mol. The van der Waals surface area contributed by atoms with Crippen LogP contribution in [0.1, 0.15) is 28.7 Å². The minimum absolute atomic E-state index is 0.0286. The molecule has 0 bridgehead atoms. The van der Waals surface area contributed by atoms with E-state index in [4.69, 9.17) is 0 Å². The Bertz CT molecular complexity index is 1340. The van der Waals surface area contributed by atoms with Crippen molar-refractivity contribution in [2.75, 3.05) is 17.2 Å². The molecule has 0 aliphatic carbocycles. The highest BCUT2D eigenvalue weighted by atomic mass is 32.2. The van der Waals surface area contributed by atoms with Crippen molar-refractivity contribution in [1.82, 2.24) is 9.97 Å². The SMILES string of the molecule is CCS(=O)(=O)c1cc(-c2ccc(F)cc2)cnc1C(=O)N1CCc2ncc(C(F)(F)F)cc21. The number of hydrogen-bond acceptors (Lipinski definition) is 5. The predicted octanol–water partition coefficient (Wildman–Crippen LogP) is 4.30. The number of aromatic nitrogens is 2. The van der Waals surface area contributed by atoms with Gasteiger partial charge in [0.15, 0.2) is 9.84 Å². The summed E-state index contributed by atoms with van der Waals surface area (Å²) in [5.74, 6) is -1.63. The number of anilines is 1. The fraction of sp³-hybridized carbons (Fsp3) is 0.227. The molecule has 33 heavy (non-hydrogen) atoms. The fourth-order valence-corrected chi connectivity index (χ4v) is 4.59. The van der Waals surface area contributed by atoms with Crippen molar-refractivity contribution in [3.05, 3.63) is 71.6 Å². The quantitative estimate of drug-likeness (QED) is 0.522. The maximum atomic E-state index is 13.3. The third-order valence-electron chi connectivity index (χ3n) is 5.33. The molecular formula is C22H17F4N3O3S. The molecule has 0 fully saturated rings. The summed E-state index contributed by atoms with van der Waals surface area (Å²) in [5, 5.41) is 0. The molecule has 0 N–H and O–H groups in total. The summed E-state index contributed by atoms with van der Waals surface area (Å²) in [6.07, 6.45) is -2.44. The van der Waals surface area contributed by atoms with E-state index in [1.54, 1.807) is 0 Å². The van der Waals surface area contributed by atoms with Crippen LogP contribution in [0.25, 0.3) is 11.1 Å². The van der Waals surface area contributed by atoms with Crippen molar-refractivity contribution in [2.45, 2.75) is 24.4 Å². The van der Waals surface area contributed by atoms with Crippen molar-refractivity contribution in [2.24, 2.45) is 0 Å². The second-order valence-corrected chi connectivity index (χ2v) is 9.62. The fourth-order valence-electron chi connectivity index (χ4n) is 3.54. The number of halogens is 4. The monoisotopic (exact) mass is 479 g/mol. The molecule has 11 heteroatoms. The van der Waals surface area contributed by atoms with Crippen LogP contribution in [-0.4, -0.2) is 36.6 Å². The molecular weight excluding hydrogens is 462 g/mol. The van der Waals surface area contributed by atoms with Gasteiger partial charge in [0, 0.05) is 30.9 Å². The van der Waals surface area contributed by atoms with E-state index in [2.05, 4.69) is 9.97 Å². The standard InChI is InChI=1S/C22H17F4N3O3S/c1-2-33(31,32)19-9-14(13-3-5-16(23)6-4-13)11-28-20(19)21(30)29-8-7-17-18(29)10-15(12-27-17)22(24,25)26/h3-6,9-12H,2,7-8H2,1H3. The minimum atomic E-state index is -4.65. The van der Waals surface area contributed by atoms with Crippen LogP contribution in [-0.2, 0) is 22.4 Å². The molecule has 2 aromatic heterocycles. The Hall–Kier alpha value is -3.34. The van der Waals surface area contributed by atoms with Gasteiger partial charge in [-0.3, -0.25) is 9.78 Å². The number of pyridine rings is 2. The van der Waals surface area contributed by atoms with E-state index in [1.807, 2.05) is 0 Å². The lowest BCUT2D eigenvalue weighted by Gasteiger charge is -2.19. The Balaban J connectivity index is 1.80. The van der Waals surface area contributed by atoms with Crippen LogP contribution in [0.3, 0.4) is 0 Å². The van der Waals surface area contributed by atoms with Crippen LogP contribution in [0.5, 0.6) is 0 Å². The van der Waals surface area contributed by atoms with Gasteiger partial charge in [-0.25, -0.2) is 17.8 Å². The summed E-state index contributed by atoms with van der Waals surface area (Å²) in [4.78, 5) is 21.9. The van der Waals surface area contributed by atoms with E-state index in [0.717, 1.165) is 11.0 Å². The highest BCUT2D eigenvalue weighted by Gasteiger charge is 2.36. The summed E-state index contributed by atoms with van der Waals surface area (Å²) in [5.41, 5.74) is -0.296. The zero-order valence-corrected chi connectivity index (χ0v) is 18.0. The third kappa shape index (κ3) is 4.32. The van der Waals surface area contributed by atoms with E-state index < -0.39 is 39.0 Å². The number of hydrogen-bond donors (Lipinski definition) is 0. The molecule has 172 valence electrons. The molecule has 1 aliphatic rings. The zero-order valence-electron chi connectivity index (χ0n) is 17.2. The van der Waals surface area contributed by atoms with Crippen molar-refractivity contribution >= 4 is 21.4 Å². The molecule has 3 aromatic rings. The van der Waals surface area contributed by atoms with Gasteiger partial charge in [-0.05, 0) is 29.8 Å². The number of benzene rings is 1. The highest BCUT2D eigenvalue weighted by molar-refractivity contribution is 7.91. The van der Waals surface area contributed by atoms with Gasteiger partial charge in [0.2, 0.25) is 0 Å². The average Bonchev–Trinajstić information content (AvgIpc) is 3.21. The zero-order chi connectivity index (χ0) is 24.0. The number of alkyl halides is 3. The number of carbonyl (C=O) groups is 1. The number of carbonyl (C=O) groups excluding carboxylic acids is 1. The van der Waals surface area contributed by atoms with Crippen molar-refractivity contribution < 1.29 is 30.8 Å². The number of amides is 1. The molecule has 4 rings (SSSR count). The molecule has 1 amide bonds. The van der Waals surface area contributed by atoms with Crippen molar-refractivity contribution in [3.8, 4) is 11.1 Å². The molecule has 1 aliphatic heterocycles. The summed E-state index contributed by atoms with van der Waals surface area (Å²) in [6, 6.07) is 7.39. The number of sulfone groups is 1. The second kappa shape index (κ2) is 8.22. The van der Waals surface area contributed by atoms with E-state index in [9.17, 15) is 30.8 Å². The third-order valence-corrected chi connectivity index (χ3v) is 7.07. The van der Waals surface area contributed by atoms with E-state index in [-0.39, 0.29) is 29.3 Å². The molecule has 6 nitrogen and oxygen atoms in total. The van der Waals surface area contributed by atoms with Gasteiger partial charge in [-0.1, -0.05) is 19.1 Å². The Morgan fingerprint density at radius 1 is 1.06 bits per heavy atom. The van der Waals surface area contributed by atoms with Gasteiger partial charge in [-0.2, -0.15) is 13.2 Å². The lowest BCUT2D eigenvalue weighted by atomic mass is 10.1. The molecule has 0 spiro atoms. The van der Waals surface area contributed by atoms with Crippen LogP contribution in [0.2, 0.25) is 0 Å². The lowest BCUT2D eigenvalue weighted by Crippen LogP contribution is -2.31. The maximum absolute atomic E-state index is 13.3. The van der Waals surface area contributed by atoms with Crippen LogP contribution in [0.15, 0.2) is 53.7 Å². The van der Waals surface area contributed by atoms with Gasteiger partial charge in [0.05, 0.1) is 27.6 Å². The molecule has 0 saturated carbocycles. The van der Waals surface area contributed by atoms with E-state index in [0.29, 0.717) is 23.0 Å². The van der Waals surface area contributed by atoms with E-state index in [1.165, 1.54) is 43.5 Å². The molecule has 1 aromatic carbocycles. The smallest absolute Gasteiger partial charge is 0.305 e. The molecule has 0 radical (unpaired) electrons. The minimum Gasteiger partial charge on any atom is -0.305 e. The Labute approximate surface area is 186 Å². The summed E-state index contributed by atoms with van der Waals surface area (Å²) >= 11 is 0. The van der Waals surface area contributed by atoms with Crippen LogP contribution >= 0.6 is 0 Å². The first-order chi connectivity index (χ1) is 15.5. The van der Waals surface area contributed by atoms with Crippen LogP contribution < -0.4 is 4.90 Å². The van der Waals surface area contributed by atoms with Gasteiger partial charge < -0.3 is 4.90 Å². The Morgan fingerprint density at radius 3 is 2.39 bits per heavy atom. The highest BCUT2D eigenvalue weighted by Crippen LogP contribution is 2.36. The van der Waals surface area contributed by atoms with Gasteiger partial charge in [0.25, 0.3) is 5.91 Å². The summed E-state index contributed by atoms with van der Waals surface area (Å²) < 4.78 is 78.2. The first-order valence-corrected chi connectivity index (χ1v) is 11.5. The summed E-state index contributed by atoms with van der Waals surface area (Å²) in [7, 11) is -3.93. The van der Waals surface area contributed by atoms with Crippen molar-refractivity contribution in [1.29, 1.82) is 0 Å². The lowest BCUT2D eigenvalue weighted by molar-refractivity contribution is -0.137. The van der Waals surface area contributed by atoms with Gasteiger partial charge >= 0.3 is 6.18 Å². The van der Waals surface area contributed by atoms with Crippen LogP contribution in [0, 0.1) is 5.82 Å². The molecule has 0 atom stereocenters. The van der Waals surface area contributed by atoms with Gasteiger partial charge in [0.1, 0.15) is 11.5 Å². The number of nitrogens with zero attached hydrogens (tertiary/aromatic N) is 3. The average molecular weight is 479 g/mol.